The molecular formula is C22H26N4O. The number of nitrogens with one attached hydrogen (secondary N) is 2. The van der Waals surface area contributed by atoms with Crippen LogP contribution in [0, 0.1) is 0 Å². The molecule has 5 heteroatoms. The Kier molecular flexibility index (Phi) is 4.97. The summed E-state index contributed by atoms with van der Waals surface area (Å²) in [6, 6.07) is 17.8. The molecule has 1 unspecified atom stereocenters. The van der Waals surface area contributed by atoms with Crippen molar-refractivity contribution in [2.45, 2.75) is 12.6 Å². The first-order chi connectivity index (χ1) is 13.2. The minimum Gasteiger partial charge on any atom is -0.362 e. The van der Waals surface area contributed by atoms with Crippen LogP contribution in [0.5, 0.6) is 0 Å². The van der Waals surface area contributed by atoms with Crippen molar-refractivity contribution in [3.8, 4) is 0 Å². The van der Waals surface area contributed by atoms with Crippen LogP contribution >= 0.6 is 0 Å². The van der Waals surface area contributed by atoms with Crippen LogP contribution in [0.25, 0.3) is 6.08 Å². The van der Waals surface area contributed by atoms with Crippen molar-refractivity contribution in [3.05, 3.63) is 71.9 Å². The third-order valence-corrected chi connectivity index (χ3v) is 5.56. The third-order valence-electron chi connectivity index (χ3n) is 5.56. The van der Waals surface area contributed by atoms with Crippen molar-refractivity contribution in [2.75, 3.05) is 38.0 Å². The van der Waals surface area contributed by atoms with Gasteiger partial charge in [0.1, 0.15) is 0 Å². The normalized spacial score (nSPS) is 22.7. The lowest BCUT2D eigenvalue weighted by molar-refractivity contribution is -0.132. The van der Waals surface area contributed by atoms with Gasteiger partial charge in [-0.2, -0.15) is 0 Å². The maximum atomic E-state index is 13.6. The number of para-hydroxylation sites is 1. The summed E-state index contributed by atoms with van der Waals surface area (Å²) in [5.74, 6) is -0.0459. The average Bonchev–Trinajstić information content (AvgIpc) is 2.74. The first kappa shape index (κ1) is 17.8. The zero-order valence-electron chi connectivity index (χ0n) is 15.7. The molecule has 1 fully saturated rings. The Morgan fingerprint density at radius 3 is 2.48 bits per heavy atom. The van der Waals surface area contributed by atoms with Gasteiger partial charge in [-0.05, 0) is 36.5 Å². The number of nitrogens with zero attached hydrogens (tertiary/aromatic N) is 2. The molecule has 5 nitrogen and oxygen atoms in total. The summed E-state index contributed by atoms with van der Waals surface area (Å²) >= 11 is 0. The van der Waals surface area contributed by atoms with Gasteiger partial charge >= 0.3 is 0 Å². The molecule has 0 radical (unpaired) electrons. The van der Waals surface area contributed by atoms with E-state index < -0.39 is 5.66 Å². The Bertz CT molecular complexity index is 827. The van der Waals surface area contributed by atoms with Gasteiger partial charge in [-0.1, -0.05) is 49.4 Å². The number of likely N-dealkylation sites (N-methyl/N-ethyl adjacent to an activating group) is 1. The minimum atomic E-state index is -0.902. The topological polar surface area (TPSA) is 47.6 Å². The molecule has 0 bridgehead atoms. The monoisotopic (exact) mass is 362 g/mol. The molecule has 2 aliphatic rings. The molecule has 0 saturated carbocycles. The minimum absolute atomic E-state index is 0.0459. The van der Waals surface area contributed by atoms with Gasteiger partial charge in [0.05, 0.1) is 0 Å². The second-order valence-electron chi connectivity index (χ2n) is 7.02. The smallest absolute Gasteiger partial charge is 0.270 e. The summed E-state index contributed by atoms with van der Waals surface area (Å²) in [6.45, 7) is 6.83. The molecule has 4 rings (SSSR count). The predicted molar refractivity (Wildman–Crippen MR) is 109 cm³/mol. The number of carbonyl (C=O) groups excluding carboxylic acids is 1. The highest BCUT2D eigenvalue weighted by Gasteiger charge is 2.48. The fourth-order valence-corrected chi connectivity index (χ4v) is 4.04. The Labute approximate surface area is 160 Å². The number of amides is 1. The SMILES string of the molecule is CCN1CCN(C2(C(=O)Nc3ccccc3)NC=Cc3ccccc32)CC1. The van der Waals surface area contributed by atoms with Crippen LogP contribution < -0.4 is 10.6 Å². The van der Waals surface area contributed by atoms with Crippen molar-refractivity contribution in [1.29, 1.82) is 0 Å². The van der Waals surface area contributed by atoms with E-state index >= 15 is 0 Å². The number of carbonyl (C=O) groups is 1. The van der Waals surface area contributed by atoms with E-state index in [0.29, 0.717) is 0 Å². The quantitative estimate of drug-likeness (QED) is 0.878. The maximum absolute atomic E-state index is 13.6. The van der Waals surface area contributed by atoms with E-state index in [-0.39, 0.29) is 5.91 Å². The van der Waals surface area contributed by atoms with E-state index in [0.717, 1.165) is 49.5 Å². The van der Waals surface area contributed by atoms with Crippen LogP contribution in [0.3, 0.4) is 0 Å². The zero-order valence-corrected chi connectivity index (χ0v) is 15.7. The second kappa shape index (κ2) is 7.55. The van der Waals surface area contributed by atoms with Gasteiger partial charge in [-0.3, -0.25) is 9.69 Å². The largest absolute Gasteiger partial charge is 0.362 e. The molecule has 0 aromatic heterocycles. The Morgan fingerprint density at radius 2 is 1.74 bits per heavy atom. The van der Waals surface area contributed by atoms with Crippen LogP contribution in [0.1, 0.15) is 18.1 Å². The predicted octanol–water partition coefficient (Wildman–Crippen LogP) is 2.69. The van der Waals surface area contributed by atoms with Gasteiger partial charge in [0.25, 0.3) is 5.91 Å². The van der Waals surface area contributed by atoms with Gasteiger partial charge in [-0.15, -0.1) is 0 Å². The van der Waals surface area contributed by atoms with Crippen LogP contribution in [-0.4, -0.2) is 48.4 Å². The molecule has 27 heavy (non-hydrogen) atoms. The number of piperazine rings is 1. The first-order valence-electron chi connectivity index (χ1n) is 9.61. The summed E-state index contributed by atoms with van der Waals surface area (Å²) in [6.07, 6.45) is 3.94. The molecular weight excluding hydrogens is 336 g/mol. The van der Waals surface area contributed by atoms with E-state index in [2.05, 4.69) is 39.5 Å². The second-order valence-corrected chi connectivity index (χ2v) is 7.02. The molecule has 1 amide bonds. The zero-order chi connectivity index (χ0) is 18.7. The van der Waals surface area contributed by atoms with E-state index in [4.69, 9.17) is 0 Å². The molecule has 2 N–H and O–H groups in total. The number of hydrogen-bond donors (Lipinski definition) is 2. The number of hydrogen-bond acceptors (Lipinski definition) is 4. The fraction of sp³-hybridized carbons (Fsp3) is 0.318. The van der Waals surface area contributed by atoms with E-state index in [1.54, 1.807) is 0 Å². The van der Waals surface area contributed by atoms with E-state index in [1.807, 2.05) is 54.7 Å². The van der Waals surface area contributed by atoms with Gasteiger partial charge in [0.2, 0.25) is 0 Å². The van der Waals surface area contributed by atoms with Crippen molar-refractivity contribution >= 4 is 17.7 Å². The lowest BCUT2D eigenvalue weighted by Crippen LogP contribution is -2.66. The van der Waals surface area contributed by atoms with Gasteiger partial charge in [0, 0.05) is 37.4 Å². The number of benzene rings is 2. The summed E-state index contributed by atoms with van der Waals surface area (Å²) in [4.78, 5) is 18.3. The molecule has 2 aromatic carbocycles. The van der Waals surface area contributed by atoms with Gasteiger partial charge < -0.3 is 15.5 Å². The van der Waals surface area contributed by atoms with Crippen LogP contribution in [-0.2, 0) is 10.5 Å². The number of rotatable bonds is 4. The summed E-state index contributed by atoms with van der Waals surface area (Å²) < 4.78 is 0. The highest BCUT2D eigenvalue weighted by molar-refractivity contribution is 5.99. The lowest BCUT2D eigenvalue weighted by Gasteiger charge is -2.48. The first-order valence-corrected chi connectivity index (χ1v) is 9.61. The van der Waals surface area contributed by atoms with E-state index in [9.17, 15) is 4.79 Å². The highest BCUT2D eigenvalue weighted by Crippen LogP contribution is 2.34. The molecule has 1 saturated heterocycles. The van der Waals surface area contributed by atoms with Crippen molar-refractivity contribution < 1.29 is 4.79 Å². The van der Waals surface area contributed by atoms with Crippen LogP contribution in [0.15, 0.2) is 60.8 Å². The summed E-state index contributed by atoms with van der Waals surface area (Å²) in [7, 11) is 0. The maximum Gasteiger partial charge on any atom is 0.270 e. The van der Waals surface area contributed by atoms with Gasteiger partial charge in [0.15, 0.2) is 5.66 Å². The Balaban J connectivity index is 1.72. The Morgan fingerprint density at radius 1 is 1.04 bits per heavy atom. The molecule has 0 spiro atoms. The summed E-state index contributed by atoms with van der Waals surface area (Å²) in [5, 5.41) is 6.55. The average molecular weight is 362 g/mol. The Hall–Kier alpha value is -2.63. The molecule has 2 aromatic rings. The third kappa shape index (κ3) is 3.24. The highest BCUT2D eigenvalue weighted by atomic mass is 16.2. The van der Waals surface area contributed by atoms with Crippen molar-refractivity contribution in [3.63, 3.8) is 0 Å². The lowest BCUT2D eigenvalue weighted by atomic mass is 9.88. The molecule has 2 aliphatic heterocycles. The fourth-order valence-electron chi connectivity index (χ4n) is 4.04. The molecule has 1 atom stereocenters. The van der Waals surface area contributed by atoms with E-state index in [1.165, 1.54) is 0 Å². The van der Waals surface area contributed by atoms with Crippen LogP contribution in [0.4, 0.5) is 5.69 Å². The number of fused-ring (bicyclic) bond motifs is 1. The molecule has 2 heterocycles. The summed E-state index contributed by atoms with van der Waals surface area (Å²) in [5.41, 5.74) is 1.99. The van der Waals surface area contributed by atoms with Gasteiger partial charge in [-0.25, -0.2) is 0 Å². The van der Waals surface area contributed by atoms with Crippen molar-refractivity contribution in [1.82, 2.24) is 15.1 Å². The molecule has 0 aliphatic carbocycles. The standard InChI is InChI=1S/C22H26N4O/c1-2-25-14-16-26(17-15-25)22(21(27)24-19-9-4-3-5-10-19)20-11-7-6-8-18(20)12-13-23-22/h3-13,23H,2,14-17H2,1H3,(H,24,27). The number of anilines is 1. The van der Waals surface area contributed by atoms with Crippen LogP contribution in [0.2, 0.25) is 0 Å². The van der Waals surface area contributed by atoms with Crippen molar-refractivity contribution in [2.24, 2.45) is 0 Å². The molecule has 140 valence electrons.